The third kappa shape index (κ3) is 3.53. The van der Waals surface area contributed by atoms with Crippen molar-refractivity contribution in [3.63, 3.8) is 0 Å². The molecule has 27 heavy (non-hydrogen) atoms. The maximum absolute atomic E-state index is 12.7. The van der Waals surface area contributed by atoms with Crippen molar-refractivity contribution in [3.8, 4) is 11.4 Å². The van der Waals surface area contributed by atoms with Crippen LogP contribution in [-0.2, 0) is 0 Å². The number of carbonyl (C=O) groups is 1. The number of para-hydroxylation sites is 1. The van der Waals surface area contributed by atoms with E-state index in [2.05, 4.69) is 15.5 Å². The number of rotatable bonds is 3. The number of benzene rings is 2. The third-order valence-corrected chi connectivity index (χ3v) is 5.07. The van der Waals surface area contributed by atoms with E-state index in [9.17, 15) is 4.79 Å². The second-order valence-corrected chi connectivity index (χ2v) is 6.94. The molecule has 1 fully saturated rings. The maximum atomic E-state index is 12.7. The van der Waals surface area contributed by atoms with Gasteiger partial charge in [-0.2, -0.15) is 4.98 Å². The zero-order chi connectivity index (χ0) is 18.8. The van der Waals surface area contributed by atoms with Crippen LogP contribution >= 0.6 is 11.6 Å². The molecule has 0 saturated carbocycles. The molecule has 1 N–H and O–H groups in total. The molecule has 0 unspecified atom stereocenters. The summed E-state index contributed by atoms with van der Waals surface area (Å²) in [5, 5.41) is 7.48. The van der Waals surface area contributed by atoms with Gasteiger partial charge in [-0.05, 0) is 37.5 Å². The number of hydrogen-bond acceptors (Lipinski definition) is 4. The number of nitrogens with one attached hydrogen (secondary N) is 1. The summed E-state index contributed by atoms with van der Waals surface area (Å²) in [4.78, 5) is 19.0. The highest BCUT2D eigenvalue weighted by Gasteiger charge is 2.34. The first kappa shape index (κ1) is 17.5. The van der Waals surface area contributed by atoms with Crippen molar-refractivity contribution in [3.05, 3.63) is 65.0 Å². The number of aryl methyl sites for hydroxylation is 1. The van der Waals surface area contributed by atoms with Crippen LogP contribution in [0.5, 0.6) is 0 Å². The van der Waals surface area contributed by atoms with Crippen molar-refractivity contribution in [1.29, 1.82) is 0 Å². The number of likely N-dealkylation sites (tertiary alicyclic amines) is 1. The summed E-state index contributed by atoms with van der Waals surface area (Å²) >= 11 is 6.14. The lowest BCUT2D eigenvalue weighted by molar-refractivity contribution is 0.193. The summed E-state index contributed by atoms with van der Waals surface area (Å²) in [5.74, 6) is 1.00. The van der Waals surface area contributed by atoms with E-state index >= 15 is 0 Å². The molecule has 0 spiro atoms. The molecule has 1 atom stereocenters. The molecule has 0 radical (unpaired) electrons. The van der Waals surface area contributed by atoms with Crippen LogP contribution in [-0.4, -0.2) is 27.6 Å². The SMILES string of the molecule is Cc1ccccc1-c1noc([C@H]2CCCN2C(=O)Nc2ccccc2Cl)n1. The predicted octanol–water partition coefficient (Wildman–Crippen LogP) is 5.07. The van der Waals surface area contributed by atoms with Gasteiger partial charge < -0.3 is 14.7 Å². The van der Waals surface area contributed by atoms with E-state index in [1.807, 2.05) is 43.3 Å². The van der Waals surface area contributed by atoms with Gasteiger partial charge in [-0.15, -0.1) is 0 Å². The van der Waals surface area contributed by atoms with Crippen LogP contribution in [0, 0.1) is 6.92 Å². The van der Waals surface area contributed by atoms with Crippen LogP contribution in [0.25, 0.3) is 11.4 Å². The van der Waals surface area contributed by atoms with Gasteiger partial charge in [-0.1, -0.05) is 53.2 Å². The van der Waals surface area contributed by atoms with E-state index in [0.29, 0.717) is 29.0 Å². The van der Waals surface area contributed by atoms with Gasteiger partial charge in [-0.3, -0.25) is 0 Å². The van der Waals surface area contributed by atoms with Crippen LogP contribution in [0.3, 0.4) is 0 Å². The minimum Gasteiger partial charge on any atom is -0.337 e. The number of hydrogen-bond donors (Lipinski definition) is 1. The van der Waals surface area contributed by atoms with Crippen molar-refractivity contribution >= 4 is 23.3 Å². The lowest BCUT2D eigenvalue weighted by Gasteiger charge is -2.22. The Hall–Kier alpha value is -2.86. The molecule has 0 aliphatic carbocycles. The molecule has 2 aromatic carbocycles. The zero-order valence-corrected chi connectivity index (χ0v) is 15.6. The first-order valence-corrected chi connectivity index (χ1v) is 9.23. The molecule has 2 heterocycles. The molecule has 7 heteroatoms. The van der Waals surface area contributed by atoms with Gasteiger partial charge in [0.25, 0.3) is 0 Å². The van der Waals surface area contributed by atoms with Gasteiger partial charge in [0, 0.05) is 12.1 Å². The number of anilines is 1. The summed E-state index contributed by atoms with van der Waals surface area (Å²) in [7, 11) is 0. The highest BCUT2D eigenvalue weighted by Crippen LogP contribution is 2.33. The molecule has 1 aliphatic rings. The normalized spacial score (nSPS) is 16.5. The van der Waals surface area contributed by atoms with Crippen LogP contribution < -0.4 is 5.32 Å². The number of halogens is 1. The molecule has 2 amide bonds. The number of aromatic nitrogens is 2. The Labute approximate surface area is 162 Å². The van der Waals surface area contributed by atoms with E-state index in [1.54, 1.807) is 17.0 Å². The smallest absolute Gasteiger partial charge is 0.322 e. The molecular formula is C20H19ClN4O2. The van der Waals surface area contributed by atoms with Gasteiger partial charge in [0.05, 0.1) is 10.7 Å². The highest BCUT2D eigenvalue weighted by atomic mass is 35.5. The fraction of sp³-hybridized carbons (Fsp3) is 0.250. The topological polar surface area (TPSA) is 71.3 Å². The quantitative estimate of drug-likeness (QED) is 0.686. The number of carbonyl (C=O) groups excluding carboxylic acids is 1. The lowest BCUT2D eigenvalue weighted by atomic mass is 10.1. The molecule has 6 nitrogen and oxygen atoms in total. The highest BCUT2D eigenvalue weighted by molar-refractivity contribution is 6.33. The van der Waals surface area contributed by atoms with E-state index in [0.717, 1.165) is 24.0 Å². The minimum atomic E-state index is -0.238. The van der Waals surface area contributed by atoms with Gasteiger partial charge in [0.15, 0.2) is 0 Å². The Balaban J connectivity index is 1.54. The standard InChI is InChI=1S/C20H19ClN4O2/c1-13-7-2-3-8-14(13)18-23-19(27-24-18)17-11-6-12-25(17)20(26)22-16-10-5-4-9-15(16)21/h2-5,7-10,17H,6,11-12H2,1H3,(H,22,26)/t17-/m1/s1. The second-order valence-electron chi connectivity index (χ2n) is 6.53. The molecule has 3 aromatic rings. The van der Waals surface area contributed by atoms with Crippen LogP contribution in [0.4, 0.5) is 10.5 Å². The van der Waals surface area contributed by atoms with E-state index < -0.39 is 0 Å². The van der Waals surface area contributed by atoms with Crippen molar-refractivity contribution in [1.82, 2.24) is 15.0 Å². The first-order chi connectivity index (χ1) is 13.1. The maximum Gasteiger partial charge on any atom is 0.322 e. The number of urea groups is 1. The van der Waals surface area contributed by atoms with Crippen LogP contribution in [0.1, 0.15) is 30.3 Å². The molecule has 0 bridgehead atoms. The summed E-state index contributed by atoms with van der Waals surface area (Å²) in [6.07, 6.45) is 1.66. The minimum absolute atomic E-state index is 0.221. The average molecular weight is 383 g/mol. The molecule has 1 aliphatic heterocycles. The van der Waals surface area contributed by atoms with E-state index in [1.165, 1.54) is 0 Å². The van der Waals surface area contributed by atoms with Crippen molar-refractivity contribution in [2.24, 2.45) is 0 Å². The van der Waals surface area contributed by atoms with Crippen molar-refractivity contribution in [2.45, 2.75) is 25.8 Å². The van der Waals surface area contributed by atoms with Gasteiger partial charge >= 0.3 is 6.03 Å². The first-order valence-electron chi connectivity index (χ1n) is 8.85. The number of amides is 2. The van der Waals surface area contributed by atoms with Crippen LogP contribution in [0.15, 0.2) is 53.1 Å². The van der Waals surface area contributed by atoms with Crippen molar-refractivity contribution < 1.29 is 9.32 Å². The third-order valence-electron chi connectivity index (χ3n) is 4.74. The van der Waals surface area contributed by atoms with Crippen molar-refractivity contribution in [2.75, 3.05) is 11.9 Å². The Morgan fingerprint density at radius 2 is 2.00 bits per heavy atom. The Morgan fingerprint density at radius 3 is 2.81 bits per heavy atom. The van der Waals surface area contributed by atoms with Crippen LogP contribution in [0.2, 0.25) is 5.02 Å². The van der Waals surface area contributed by atoms with E-state index in [4.69, 9.17) is 16.1 Å². The van der Waals surface area contributed by atoms with E-state index in [-0.39, 0.29) is 12.1 Å². The molecule has 4 rings (SSSR count). The fourth-order valence-electron chi connectivity index (χ4n) is 3.32. The summed E-state index contributed by atoms with van der Waals surface area (Å²) < 4.78 is 5.50. The predicted molar refractivity (Wildman–Crippen MR) is 104 cm³/mol. The largest absolute Gasteiger partial charge is 0.337 e. The monoisotopic (exact) mass is 382 g/mol. The number of nitrogens with zero attached hydrogens (tertiary/aromatic N) is 3. The Kier molecular flexibility index (Phi) is 4.81. The van der Waals surface area contributed by atoms with Gasteiger partial charge in [0.1, 0.15) is 6.04 Å². The van der Waals surface area contributed by atoms with Gasteiger partial charge in [0.2, 0.25) is 11.7 Å². The lowest BCUT2D eigenvalue weighted by Crippen LogP contribution is -2.34. The zero-order valence-electron chi connectivity index (χ0n) is 14.9. The summed E-state index contributed by atoms with van der Waals surface area (Å²) in [5.41, 5.74) is 2.59. The molecule has 1 saturated heterocycles. The Bertz CT molecular complexity index is 972. The van der Waals surface area contributed by atoms with Gasteiger partial charge in [-0.25, -0.2) is 4.79 Å². The molecular weight excluding hydrogens is 364 g/mol. The average Bonchev–Trinajstić information content (AvgIpc) is 3.33. The second kappa shape index (κ2) is 7.40. The fourth-order valence-corrected chi connectivity index (χ4v) is 3.50. The molecule has 1 aromatic heterocycles. The Morgan fingerprint density at radius 1 is 1.22 bits per heavy atom. The summed E-state index contributed by atoms with van der Waals surface area (Å²) in [6, 6.07) is 14.6. The summed E-state index contributed by atoms with van der Waals surface area (Å²) in [6.45, 7) is 2.63. The molecule has 138 valence electrons.